The lowest BCUT2D eigenvalue weighted by atomic mass is 10.1. The van der Waals surface area contributed by atoms with Gasteiger partial charge in [0.2, 0.25) is 0 Å². The zero-order valence-electron chi connectivity index (χ0n) is 7.75. The molecule has 0 radical (unpaired) electrons. The molecule has 1 aliphatic rings. The molecule has 1 aliphatic heterocycles. The minimum absolute atomic E-state index is 0.651. The van der Waals surface area contributed by atoms with Gasteiger partial charge in [0, 0.05) is 13.6 Å². The fourth-order valence-corrected chi connectivity index (χ4v) is 1.30. The zero-order chi connectivity index (χ0) is 8.97. The Morgan fingerprint density at radius 2 is 2.58 bits per heavy atom. The summed E-state index contributed by atoms with van der Waals surface area (Å²) in [6, 6.07) is 0. The number of hydrogen-bond donors (Lipinski definition) is 0. The van der Waals surface area contributed by atoms with Crippen molar-refractivity contribution in [2.24, 2.45) is 5.92 Å². The van der Waals surface area contributed by atoms with E-state index in [0.29, 0.717) is 5.92 Å². The fraction of sp³-hybridized carbons (Fsp3) is 0.455. The first-order chi connectivity index (χ1) is 5.72. The molecule has 0 fully saturated rings. The Morgan fingerprint density at radius 1 is 1.83 bits per heavy atom. The number of nitrogens with zero attached hydrogens (tertiary/aromatic N) is 1. The van der Waals surface area contributed by atoms with Crippen molar-refractivity contribution < 1.29 is 0 Å². The molecule has 0 N–H and O–H groups in total. The molecule has 64 valence electrons. The highest BCUT2D eigenvalue weighted by atomic mass is 15.1. The van der Waals surface area contributed by atoms with Crippen LogP contribution in [0.2, 0.25) is 0 Å². The maximum Gasteiger partial charge on any atom is 0.0235 e. The predicted molar refractivity (Wildman–Crippen MR) is 52.5 cm³/mol. The van der Waals surface area contributed by atoms with Gasteiger partial charge < -0.3 is 4.90 Å². The topological polar surface area (TPSA) is 3.24 Å². The van der Waals surface area contributed by atoms with Gasteiger partial charge in [-0.05, 0) is 31.0 Å². The lowest BCUT2D eigenvalue weighted by Crippen LogP contribution is -2.11. The Labute approximate surface area is 74.8 Å². The molecule has 0 saturated heterocycles. The molecule has 0 aromatic carbocycles. The Kier molecular flexibility index (Phi) is 2.99. The quantitative estimate of drug-likeness (QED) is 0.560. The fourth-order valence-electron chi connectivity index (χ4n) is 1.30. The summed E-state index contributed by atoms with van der Waals surface area (Å²) >= 11 is 0. The molecular weight excluding hydrogens is 146 g/mol. The third kappa shape index (κ3) is 2.47. The third-order valence-corrected chi connectivity index (χ3v) is 2.09. The van der Waals surface area contributed by atoms with Crippen molar-refractivity contribution >= 4 is 0 Å². The summed E-state index contributed by atoms with van der Waals surface area (Å²) in [5.41, 5.74) is 1.04. The van der Waals surface area contributed by atoms with Gasteiger partial charge in [-0.15, -0.1) is 6.42 Å². The Bertz CT molecular complexity index is 242. The smallest absolute Gasteiger partial charge is 0.0235 e. The van der Waals surface area contributed by atoms with Crippen LogP contribution in [0.4, 0.5) is 0 Å². The average Bonchev–Trinajstić information content (AvgIpc) is 2.47. The number of hydrogen-bond acceptors (Lipinski definition) is 1. The van der Waals surface area contributed by atoms with Gasteiger partial charge in [0.05, 0.1) is 0 Å². The zero-order valence-corrected chi connectivity index (χ0v) is 7.75. The van der Waals surface area contributed by atoms with Gasteiger partial charge >= 0.3 is 0 Å². The average molecular weight is 161 g/mol. The minimum Gasteiger partial charge on any atom is -0.380 e. The molecule has 0 bridgehead atoms. The highest BCUT2D eigenvalue weighted by molar-refractivity contribution is 5.22. The molecule has 1 heteroatoms. The maximum atomic E-state index is 5.24. The molecule has 1 heterocycles. The number of rotatable bonds is 2. The predicted octanol–water partition coefficient (Wildman–Crippen LogP) is 2.03. The summed E-state index contributed by atoms with van der Waals surface area (Å²) < 4.78 is 0. The largest absolute Gasteiger partial charge is 0.380 e. The van der Waals surface area contributed by atoms with Crippen LogP contribution >= 0.6 is 0 Å². The molecule has 0 aliphatic carbocycles. The van der Waals surface area contributed by atoms with Gasteiger partial charge in [-0.1, -0.05) is 18.1 Å². The summed E-state index contributed by atoms with van der Waals surface area (Å²) in [6.07, 6.45) is 12.8. The van der Waals surface area contributed by atoms with Crippen LogP contribution < -0.4 is 0 Å². The molecule has 1 atom stereocenters. The van der Waals surface area contributed by atoms with Crippen molar-refractivity contribution in [2.75, 3.05) is 13.6 Å². The molecule has 0 amide bonds. The minimum atomic E-state index is 0.651. The van der Waals surface area contributed by atoms with E-state index in [-0.39, 0.29) is 0 Å². The summed E-state index contributed by atoms with van der Waals surface area (Å²) in [5, 5.41) is 0. The normalized spacial score (nSPS) is 22.9. The van der Waals surface area contributed by atoms with Crippen LogP contribution in [0.25, 0.3) is 0 Å². The van der Waals surface area contributed by atoms with E-state index >= 15 is 0 Å². The van der Waals surface area contributed by atoms with Crippen molar-refractivity contribution in [2.45, 2.75) is 13.3 Å². The van der Waals surface area contributed by atoms with E-state index in [2.05, 4.69) is 36.2 Å². The second kappa shape index (κ2) is 4.01. The van der Waals surface area contributed by atoms with Crippen LogP contribution in [-0.2, 0) is 0 Å². The summed E-state index contributed by atoms with van der Waals surface area (Å²) in [7, 11) is 2.09. The van der Waals surface area contributed by atoms with Crippen LogP contribution in [0.3, 0.4) is 0 Å². The second-order valence-corrected chi connectivity index (χ2v) is 3.31. The molecule has 1 rings (SSSR count). The van der Waals surface area contributed by atoms with Gasteiger partial charge in [-0.3, -0.25) is 0 Å². The van der Waals surface area contributed by atoms with Crippen LogP contribution in [0.5, 0.6) is 0 Å². The molecule has 0 aromatic heterocycles. The van der Waals surface area contributed by atoms with Crippen molar-refractivity contribution in [3.8, 4) is 12.3 Å². The van der Waals surface area contributed by atoms with E-state index in [4.69, 9.17) is 6.42 Å². The maximum absolute atomic E-state index is 5.24. The number of allylic oxidation sites excluding steroid dienone is 2. The number of terminal acetylenes is 1. The molecule has 1 nitrogen and oxygen atoms in total. The SMILES string of the molecule is C#C/C(C)=C\CC1C=CN(C)C1. The van der Waals surface area contributed by atoms with E-state index in [1.165, 1.54) is 0 Å². The van der Waals surface area contributed by atoms with Crippen molar-refractivity contribution in [3.63, 3.8) is 0 Å². The molecular formula is C11H15N. The highest BCUT2D eigenvalue weighted by Gasteiger charge is 2.10. The standard InChI is InChI=1S/C11H15N/c1-4-10(2)5-6-11-7-8-12(3)9-11/h1,5,7-8,11H,6,9H2,2-3H3/b10-5-. The van der Waals surface area contributed by atoms with Crippen molar-refractivity contribution in [1.29, 1.82) is 0 Å². The van der Waals surface area contributed by atoms with Crippen LogP contribution in [0, 0.1) is 18.3 Å². The van der Waals surface area contributed by atoms with E-state index < -0.39 is 0 Å². The van der Waals surface area contributed by atoms with Crippen LogP contribution in [0.1, 0.15) is 13.3 Å². The van der Waals surface area contributed by atoms with Crippen LogP contribution in [0.15, 0.2) is 23.9 Å². The summed E-state index contributed by atoms with van der Waals surface area (Å²) in [6.45, 7) is 3.09. The van der Waals surface area contributed by atoms with Gasteiger partial charge in [-0.25, -0.2) is 0 Å². The van der Waals surface area contributed by atoms with Crippen LogP contribution in [-0.4, -0.2) is 18.5 Å². The van der Waals surface area contributed by atoms with E-state index in [9.17, 15) is 0 Å². The van der Waals surface area contributed by atoms with E-state index in [1.807, 2.05) is 6.92 Å². The summed E-state index contributed by atoms with van der Waals surface area (Å²) in [4.78, 5) is 2.20. The molecule has 0 aromatic rings. The van der Waals surface area contributed by atoms with Gasteiger partial charge in [0.1, 0.15) is 0 Å². The van der Waals surface area contributed by atoms with Crippen molar-refractivity contribution in [1.82, 2.24) is 4.90 Å². The molecule has 12 heavy (non-hydrogen) atoms. The molecule has 0 saturated carbocycles. The third-order valence-electron chi connectivity index (χ3n) is 2.09. The molecule has 0 spiro atoms. The lowest BCUT2D eigenvalue weighted by Gasteiger charge is -2.09. The van der Waals surface area contributed by atoms with E-state index in [1.54, 1.807) is 0 Å². The summed E-state index contributed by atoms with van der Waals surface area (Å²) in [5.74, 6) is 3.27. The Hall–Kier alpha value is -1.16. The van der Waals surface area contributed by atoms with Gasteiger partial charge in [-0.2, -0.15) is 0 Å². The Morgan fingerprint density at radius 3 is 3.08 bits per heavy atom. The lowest BCUT2D eigenvalue weighted by molar-refractivity contribution is 0.438. The molecule has 1 unspecified atom stereocenters. The monoisotopic (exact) mass is 161 g/mol. The van der Waals surface area contributed by atoms with Crippen molar-refractivity contribution in [3.05, 3.63) is 23.9 Å². The first kappa shape index (κ1) is 8.93. The first-order valence-electron chi connectivity index (χ1n) is 4.24. The van der Waals surface area contributed by atoms with E-state index in [0.717, 1.165) is 18.5 Å². The van der Waals surface area contributed by atoms with Gasteiger partial charge in [0.15, 0.2) is 0 Å². The van der Waals surface area contributed by atoms with Gasteiger partial charge in [0.25, 0.3) is 0 Å². The Balaban J connectivity index is 2.36. The second-order valence-electron chi connectivity index (χ2n) is 3.31. The first-order valence-corrected chi connectivity index (χ1v) is 4.24. The highest BCUT2D eigenvalue weighted by Crippen LogP contribution is 2.15.